The van der Waals surface area contributed by atoms with Crippen molar-refractivity contribution in [3.63, 3.8) is 0 Å². The molecule has 3 nitrogen and oxygen atoms in total. The first kappa shape index (κ1) is 12.3. The number of hydrogen-bond donors (Lipinski definition) is 1. The first-order chi connectivity index (χ1) is 7.06. The fourth-order valence-electron chi connectivity index (χ4n) is 1.52. The van der Waals surface area contributed by atoms with E-state index in [4.69, 9.17) is 0 Å². The van der Waals surface area contributed by atoms with E-state index in [1.807, 2.05) is 14.0 Å². The molecule has 15 heavy (non-hydrogen) atoms. The number of rotatable bonds is 5. The van der Waals surface area contributed by atoms with Crippen LogP contribution in [0, 0.1) is 0 Å². The molecule has 4 heteroatoms. The maximum absolute atomic E-state index is 4.19. The molecule has 0 bridgehead atoms. The van der Waals surface area contributed by atoms with Gasteiger partial charge in [0.05, 0.1) is 10.6 Å². The SMILES string of the molecule is C=C(C)CC(NC)c1snnc1C(C)C. The van der Waals surface area contributed by atoms with Crippen molar-refractivity contribution in [1.29, 1.82) is 0 Å². The van der Waals surface area contributed by atoms with E-state index in [1.165, 1.54) is 22.0 Å². The lowest BCUT2D eigenvalue weighted by Gasteiger charge is -2.16. The Kier molecular flexibility index (Phi) is 4.42. The Morgan fingerprint density at radius 2 is 2.20 bits per heavy atom. The molecule has 1 heterocycles. The molecular weight excluding hydrogens is 206 g/mol. The van der Waals surface area contributed by atoms with E-state index < -0.39 is 0 Å². The average Bonchev–Trinajstić information content (AvgIpc) is 2.62. The van der Waals surface area contributed by atoms with Gasteiger partial charge >= 0.3 is 0 Å². The summed E-state index contributed by atoms with van der Waals surface area (Å²) in [5.74, 6) is 0.430. The molecule has 0 radical (unpaired) electrons. The second-order valence-corrected chi connectivity index (χ2v) is 4.97. The highest BCUT2D eigenvalue weighted by molar-refractivity contribution is 7.05. The molecule has 0 fully saturated rings. The lowest BCUT2D eigenvalue weighted by Crippen LogP contribution is -2.17. The van der Waals surface area contributed by atoms with Gasteiger partial charge in [-0.15, -0.1) is 11.7 Å². The maximum Gasteiger partial charge on any atom is 0.0829 e. The first-order valence-electron chi connectivity index (χ1n) is 5.20. The van der Waals surface area contributed by atoms with Crippen molar-refractivity contribution < 1.29 is 0 Å². The van der Waals surface area contributed by atoms with Crippen molar-refractivity contribution in [2.24, 2.45) is 0 Å². The molecule has 1 unspecified atom stereocenters. The van der Waals surface area contributed by atoms with Crippen LogP contribution >= 0.6 is 11.5 Å². The third kappa shape index (κ3) is 3.11. The van der Waals surface area contributed by atoms with E-state index in [0.717, 1.165) is 12.1 Å². The van der Waals surface area contributed by atoms with Crippen molar-refractivity contribution in [1.82, 2.24) is 14.9 Å². The van der Waals surface area contributed by atoms with Crippen LogP contribution in [0.1, 0.15) is 49.7 Å². The summed E-state index contributed by atoms with van der Waals surface area (Å²) in [6, 6.07) is 0.305. The molecule has 0 aliphatic heterocycles. The molecule has 0 spiro atoms. The molecule has 1 N–H and O–H groups in total. The van der Waals surface area contributed by atoms with E-state index in [9.17, 15) is 0 Å². The minimum absolute atomic E-state index is 0.305. The Morgan fingerprint density at radius 3 is 2.67 bits per heavy atom. The molecule has 0 saturated heterocycles. The summed E-state index contributed by atoms with van der Waals surface area (Å²) < 4.78 is 4.04. The van der Waals surface area contributed by atoms with Gasteiger partial charge in [0.15, 0.2) is 0 Å². The van der Waals surface area contributed by atoms with E-state index in [2.05, 4.69) is 35.3 Å². The third-order valence-corrected chi connectivity index (χ3v) is 3.16. The van der Waals surface area contributed by atoms with Crippen LogP contribution in [0.5, 0.6) is 0 Å². The van der Waals surface area contributed by atoms with E-state index in [-0.39, 0.29) is 0 Å². The fraction of sp³-hybridized carbons (Fsp3) is 0.636. The van der Waals surface area contributed by atoms with Crippen LogP contribution in [-0.2, 0) is 0 Å². The van der Waals surface area contributed by atoms with Crippen LogP contribution in [0.4, 0.5) is 0 Å². The maximum atomic E-state index is 4.19. The van der Waals surface area contributed by atoms with Crippen LogP contribution in [-0.4, -0.2) is 16.6 Å². The molecule has 0 saturated carbocycles. The number of nitrogens with zero attached hydrogens (tertiary/aromatic N) is 2. The molecule has 84 valence electrons. The Labute approximate surface area is 95.8 Å². The summed E-state index contributed by atoms with van der Waals surface area (Å²) >= 11 is 1.49. The third-order valence-electron chi connectivity index (χ3n) is 2.30. The molecule has 1 atom stereocenters. The number of nitrogens with one attached hydrogen (secondary N) is 1. The molecule has 1 aromatic rings. The molecule has 1 aromatic heterocycles. The van der Waals surface area contributed by atoms with Crippen molar-refractivity contribution in [3.8, 4) is 0 Å². The van der Waals surface area contributed by atoms with Gasteiger partial charge in [0, 0.05) is 6.04 Å². The van der Waals surface area contributed by atoms with Crippen molar-refractivity contribution >= 4 is 11.5 Å². The summed E-state index contributed by atoms with van der Waals surface area (Å²) in [5, 5.41) is 7.49. The quantitative estimate of drug-likeness (QED) is 0.783. The highest BCUT2D eigenvalue weighted by Crippen LogP contribution is 2.29. The van der Waals surface area contributed by atoms with Gasteiger partial charge in [-0.3, -0.25) is 0 Å². The molecule has 0 aromatic carbocycles. The van der Waals surface area contributed by atoms with Gasteiger partial charge < -0.3 is 5.32 Å². The van der Waals surface area contributed by atoms with Gasteiger partial charge in [0.1, 0.15) is 0 Å². The smallest absolute Gasteiger partial charge is 0.0829 e. The van der Waals surface area contributed by atoms with Crippen molar-refractivity contribution in [2.75, 3.05) is 7.05 Å². The first-order valence-corrected chi connectivity index (χ1v) is 5.97. The standard InChI is InChI=1S/C11H19N3S/c1-7(2)6-9(12-5)11-10(8(3)4)13-14-15-11/h8-9,12H,1,6H2,2-5H3. The summed E-state index contributed by atoms with van der Waals surface area (Å²) in [6.45, 7) is 10.3. The summed E-state index contributed by atoms with van der Waals surface area (Å²) in [5.41, 5.74) is 2.29. The second-order valence-electron chi connectivity index (χ2n) is 4.18. The largest absolute Gasteiger partial charge is 0.312 e. The van der Waals surface area contributed by atoms with E-state index >= 15 is 0 Å². The predicted octanol–water partition coefficient (Wildman–Crippen LogP) is 2.89. The normalized spacial score (nSPS) is 13.1. The Hall–Kier alpha value is -0.740. The second kappa shape index (κ2) is 5.37. The fourth-order valence-corrected chi connectivity index (χ4v) is 2.44. The summed E-state index contributed by atoms with van der Waals surface area (Å²) in [6.07, 6.45) is 0.945. The lowest BCUT2D eigenvalue weighted by molar-refractivity contribution is 0.587. The Balaban J connectivity index is 2.91. The van der Waals surface area contributed by atoms with Gasteiger partial charge in [-0.05, 0) is 37.8 Å². The predicted molar refractivity (Wildman–Crippen MR) is 65.2 cm³/mol. The highest BCUT2D eigenvalue weighted by atomic mass is 32.1. The monoisotopic (exact) mass is 225 g/mol. The molecular formula is C11H19N3S. The Bertz CT molecular complexity index is 330. The van der Waals surface area contributed by atoms with Crippen LogP contribution in [0.2, 0.25) is 0 Å². The average molecular weight is 225 g/mol. The lowest BCUT2D eigenvalue weighted by atomic mass is 10.0. The topological polar surface area (TPSA) is 37.8 Å². The minimum atomic E-state index is 0.305. The van der Waals surface area contributed by atoms with Crippen LogP contribution in [0.25, 0.3) is 0 Å². The van der Waals surface area contributed by atoms with E-state index in [0.29, 0.717) is 12.0 Å². The zero-order valence-corrected chi connectivity index (χ0v) is 10.7. The zero-order chi connectivity index (χ0) is 11.4. The molecule has 1 rings (SSSR count). The molecule has 0 amide bonds. The van der Waals surface area contributed by atoms with Gasteiger partial charge in [-0.1, -0.05) is 23.9 Å². The molecule has 0 aliphatic rings. The molecule has 0 aliphatic carbocycles. The Morgan fingerprint density at radius 1 is 1.53 bits per heavy atom. The van der Waals surface area contributed by atoms with Crippen LogP contribution in [0.15, 0.2) is 12.2 Å². The van der Waals surface area contributed by atoms with Crippen LogP contribution in [0.3, 0.4) is 0 Å². The number of hydrogen-bond acceptors (Lipinski definition) is 4. The van der Waals surface area contributed by atoms with Crippen molar-refractivity contribution in [2.45, 2.75) is 39.2 Å². The van der Waals surface area contributed by atoms with Gasteiger partial charge in [-0.2, -0.15) is 0 Å². The van der Waals surface area contributed by atoms with Gasteiger partial charge in [0.25, 0.3) is 0 Å². The van der Waals surface area contributed by atoms with Crippen molar-refractivity contribution in [3.05, 3.63) is 22.7 Å². The van der Waals surface area contributed by atoms with Gasteiger partial charge in [-0.25, -0.2) is 0 Å². The minimum Gasteiger partial charge on any atom is -0.312 e. The summed E-state index contributed by atoms with van der Waals surface area (Å²) in [7, 11) is 1.97. The number of aromatic nitrogens is 2. The van der Waals surface area contributed by atoms with E-state index in [1.54, 1.807) is 0 Å². The van der Waals surface area contributed by atoms with Crippen LogP contribution < -0.4 is 5.32 Å². The summed E-state index contributed by atoms with van der Waals surface area (Å²) in [4.78, 5) is 1.25. The highest BCUT2D eigenvalue weighted by Gasteiger charge is 2.19. The zero-order valence-electron chi connectivity index (χ0n) is 9.87. The van der Waals surface area contributed by atoms with Gasteiger partial charge in [0.2, 0.25) is 0 Å².